The van der Waals surface area contributed by atoms with Crippen LogP contribution in [0.4, 0.5) is 0 Å². The largest absolute Gasteiger partial charge is 0.313 e. The fraction of sp³-hybridized carbons (Fsp3) is 1.00. The Morgan fingerprint density at radius 2 is 2.06 bits per heavy atom. The molecule has 2 heterocycles. The molecular weight excluding hydrogens is 236 g/mol. The van der Waals surface area contributed by atoms with Gasteiger partial charge in [0.1, 0.15) is 0 Å². The van der Waals surface area contributed by atoms with Crippen molar-refractivity contribution in [3.05, 3.63) is 0 Å². The van der Waals surface area contributed by atoms with Crippen molar-refractivity contribution >= 4 is 9.84 Å². The lowest BCUT2D eigenvalue weighted by Crippen LogP contribution is -2.40. The van der Waals surface area contributed by atoms with Gasteiger partial charge < -0.3 is 10.2 Å². The van der Waals surface area contributed by atoms with E-state index in [-0.39, 0.29) is 0 Å². The number of hydrogen-bond donors (Lipinski definition) is 1. The molecular formula is C12H24N2O2S. The first-order chi connectivity index (χ1) is 8.05. The van der Waals surface area contributed by atoms with E-state index in [2.05, 4.69) is 17.1 Å². The van der Waals surface area contributed by atoms with Gasteiger partial charge in [-0.25, -0.2) is 8.42 Å². The van der Waals surface area contributed by atoms with Crippen LogP contribution in [0.25, 0.3) is 0 Å². The summed E-state index contributed by atoms with van der Waals surface area (Å²) in [7, 11) is -2.72. The Balaban J connectivity index is 1.64. The molecule has 4 nitrogen and oxygen atoms in total. The van der Waals surface area contributed by atoms with Crippen molar-refractivity contribution < 1.29 is 8.42 Å². The van der Waals surface area contributed by atoms with E-state index in [0.717, 1.165) is 19.5 Å². The molecule has 2 saturated heterocycles. The first-order valence-corrected chi connectivity index (χ1v) is 8.53. The average molecular weight is 260 g/mol. The number of hydrogen-bond acceptors (Lipinski definition) is 4. The van der Waals surface area contributed by atoms with Crippen molar-refractivity contribution in [2.75, 3.05) is 37.7 Å². The van der Waals surface area contributed by atoms with Crippen LogP contribution in [0.1, 0.15) is 26.2 Å². The summed E-state index contributed by atoms with van der Waals surface area (Å²) >= 11 is 0. The molecule has 0 aromatic heterocycles. The zero-order valence-electron chi connectivity index (χ0n) is 10.7. The van der Waals surface area contributed by atoms with Gasteiger partial charge in [-0.15, -0.1) is 0 Å². The minimum absolute atomic E-state index is 0.334. The Hall–Kier alpha value is -0.130. The summed E-state index contributed by atoms with van der Waals surface area (Å²) in [6, 6.07) is 0.469. The van der Waals surface area contributed by atoms with Crippen LogP contribution in [0, 0.1) is 5.92 Å². The van der Waals surface area contributed by atoms with Crippen molar-refractivity contribution in [3.63, 3.8) is 0 Å². The molecule has 0 saturated carbocycles. The van der Waals surface area contributed by atoms with Crippen LogP contribution in [-0.4, -0.2) is 57.0 Å². The van der Waals surface area contributed by atoms with Gasteiger partial charge in [0.25, 0.3) is 0 Å². The number of sulfone groups is 1. The van der Waals surface area contributed by atoms with E-state index in [4.69, 9.17) is 0 Å². The van der Waals surface area contributed by atoms with E-state index in [1.54, 1.807) is 0 Å². The van der Waals surface area contributed by atoms with E-state index >= 15 is 0 Å². The highest BCUT2D eigenvalue weighted by Gasteiger charge is 2.27. The summed E-state index contributed by atoms with van der Waals surface area (Å²) in [6.45, 7) is 6.60. The third-order valence-corrected chi connectivity index (χ3v) is 5.65. The highest BCUT2D eigenvalue weighted by molar-refractivity contribution is 7.91. The first kappa shape index (κ1) is 13.3. The molecule has 0 aromatic carbocycles. The van der Waals surface area contributed by atoms with Crippen LogP contribution in [-0.2, 0) is 9.84 Å². The molecule has 0 bridgehead atoms. The maximum Gasteiger partial charge on any atom is 0.150 e. The van der Waals surface area contributed by atoms with Crippen molar-refractivity contribution in [2.45, 2.75) is 32.2 Å². The maximum absolute atomic E-state index is 11.3. The van der Waals surface area contributed by atoms with E-state index in [0.29, 0.717) is 23.5 Å². The lowest BCUT2D eigenvalue weighted by Gasteiger charge is -2.22. The molecule has 0 amide bonds. The molecule has 2 aliphatic heterocycles. The summed E-state index contributed by atoms with van der Waals surface area (Å²) in [6.07, 6.45) is 3.49. The fourth-order valence-electron chi connectivity index (χ4n) is 2.82. The summed E-state index contributed by atoms with van der Waals surface area (Å²) < 4.78 is 22.7. The Morgan fingerprint density at radius 1 is 1.35 bits per heavy atom. The van der Waals surface area contributed by atoms with Crippen LogP contribution in [0.15, 0.2) is 0 Å². The van der Waals surface area contributed by atoms with Gasteiger partial charge >= 0.3 is 0 Å². The molecule has 0 aromatic rings. The van der Waals surface area contributed by atoms with Crippen molar-refractivity contribution in [2.24, 2.45) is 5.92 Å². The molecule has 0 radical (unpaired) electrons. The molecule has 2 aliphatic rings. The molecule has 0 aliphatic carbocycles. The average Bonchev–Trinajstić information content (AvgIpc) is 2.85. The second kappa shape index (κ2) is 5.67. The highest BCUT2D eigenvalue weighted by Crippen LogP contribution is 2.17. The predicted octanol–water partition coefficient (Wildman–Crippen LogP) is 0.495. The lowest BCUT2D eigenvalue weighted by atomic mass is 10.1. The van der Waals surface area contributed by atoms with Crippen LogP contribution in [0.5, 0.6) is 0 Å². The Bertz CT molecular complexity index is 336. The van der Waals surface area contributed by atoms with E-state index < -0.39 is 9.84 Å². The quantitative estimate of drug-likeness (QED) is 0.782. The monoisotopic (exact) mass is 260 g/mol. The van der Waals surface area contributed by atoms with Gasteiger partial charge in [-0.1, -0.05) is 0 Å². The third-order valence-electron chi connectivity index (χ3n) is 3.81. The normalized spacial score (nSPS) is 30.8. The van der Waals surface area contributed by atoms with Crippen LogP contribution in [0.2, 0.25) is 0 Å². The molecule has 17 heavy (non-hydrogen) atoms. The second-order valence-electron chi connectivity index (χ2n) is 5.59. The van der Waals surface area contributed by atoms with Gasteiger partial charge in [-0.2, -0.15) is 0 Å². The van der Waals surface area contributed by atoms with Gasteiger partial charge in [0.2, 0.25) is 0 Å². The molecule has 0 spiro atoms. The van der Waals surface area contributed by atoms with Crippen molar-refractivity contribution in [1.82, 2.24) is 10.2 Å². The molecule has 100 valence electrons. The lowest BCUT2D eigenvalue weighted by molar-refractivity contribution is 0.293. The van der Waals surface area contributed by atoms with Crippen LogP contribution < -0.4 is 5.32 Å². The summed E-state index contributed by atoms with van der Waals surface area (Å²) in [4.78, 5) is 2.49. The summed E-state index contributed by atoms with van der Waals surface area (Å²) in [5, 5.41) is 3.48. The van der Waals surface area contributed by atoms with E-state index in [1.165, 1.54) is 25.9 Å². The second-order valence-corrected chi connectivity index (χ2v) is 7.81. The topological polar surface area (TPSA) is 49.4 Å². The van der Waals surface area contributed by atoms with Gasteiger partial charge in [-0.05, 0) is 51.7 Å². The zero-order valence-corrected chi connectivity index (χ0v) is 11.5. The molecule has 2 rings (SSSR count). The summed E-state index contributed by atoms with van der Waals surface area (Å²) in [5.74, 6) is 1.11. The highest BCUT2D eigenvalue weighted by atomic mass is 32.2. The Labute approximate surface area is 105 Å². The van der Waals surface area contributed by atoms with E-state index in [9.17, 15) is 8.42 Å². The smallest absolute Gasteiger partial charge is 0.150 e. The SMILES string of the molecule is CC(CN1CCCC1)NCC1CCS(=O)(=O)C1. The zero-order chi connectivity index (χ0) is 12.3. The standard InChI is InChI=1S/C12H24N2O2S/c1-11(9-14-5-2-3-6-14)13-8-12-4-7-17(15,16)10-12/h11-13H,2-10H2,1H3. The van der Waals surface area contributed by atoms with Gasteiger partial charge in [-0.3, -0.25) is 0 Å². The maximum atomic E-state index is 11.3. The molecule has 1 N–H and O–H groups in total. The number of nitrogens with zero attached hydrogens (tertiary/aromatic N) is 1. The minimum atomic E-state index is -2.72. The molecule has 2 unspecified atom stereocenters. The number of likely N-dealkylation sites (tertiary alicyclic amines) is 1. The molecule has 5 heteroatoms. The molecule has 2 fully saturated rings. The van der Waals surface area contributed by atoms with Gasteiger partial charge in [0.15, 0.2) is 9.84 Å². The summed E-state index contributed by atoms with van der Waals surface area (Å²) in [5.41, 5.74) is 0. The van der Waals surface area contributed by atoms with Crippen LogP contribution in [0.3, 0.4) is 0 Å². The minimum Gasteiger partial charge on any atom is -0.313 e. The number of rotatable bonds is 5. The van der Waals surface area contributed by atoms with Crippen molar-refractivity contribution in [1.29, 1.82) is 0 Å². The van der Waals surface area contributed by atoms with E-state index in [1.807, 2.05) is 0 Å². The first-order valence-electron chi connectivity index (χ1n) is 6.71. The van der Waals surface area contributed by atoms with Gasteiger partial charge in [0.05, 0.1) is 11.5 Å². The molecule has 2 atom stereocenters. The van der Waals surface area contributed by atoms with Crippen LogP contribution >= 0.6 is 0 Å². The van der Waals surface area contributed by atoms with Gasteiger partial charge in [0, 0.05) is 12.6 Å². The fourth-order valence-corrected chi connectivity index (χ4v) is 4.68. The Morgan fingerprint density at radius 3 is 2.65 bits per heavy atom. The third kappa shape index (κ3) is 4.23. The predicted molar refractivity (Wildman–Crippen MR) is 69.9 cm³/mol. The van der Waals surface area contributed by atoms with Crippen molar-refractivity contribution in [3.8, 4) is 0 Å². The number of nitrogens with one attached hydrogen (secondary N) is 1. The Kier molecular flexibility index (Phi) is 4.44.